The molecule has 0 aromatic rings. The van der Waals surface area contributed by atoms with Crippen molar-refractivity contribution in [2.45, 2.75) is 57.1 Å². The summed E-state index contributed by atoms with van der Waals surface area (Å²) >= 11 is 0. The molecule has 2 aliphatic heterocycles. The Balaban J connectivity index is 1.43. The molecular weight excluding hydrogens is 280 g/mol. The Hall–Kier alpha value is -1.10. The van der Waals surface area contributed by atoms with E-state index in [2.05, 4.69) is 0 Å². The van der Waals surface area contributed by atoms with Gasteiger partial charge < -0.3 is 14.5 Å². The van der Waals surface area contributed by atoms with Crippen molar-refractivity contribution in [3.05, 3.63) is 0 Å². The van der Waals surface area contributed by atoms with Crippen LogP contribution in [0.15, 0.2) is 0 Å². The van der Waals surface area contributed by atoms with Crippen LogP contribution < -0.4 is 0 Å². The van der Waals surface area contributed by atoms with Crippen molar-refractivity contribution < 1.29 is 14.3 Å². The molecule has 2 atom stereocenters. The maximum absolute atomic E-state index is 12.3. The lowest BCUT2D eigenvalue weighted by atomic mass is 9.88. The van der Waals surface area contributed by atoms with E-state index < -0.39 is 0 Å². The predicted octanol–water partition coefficient (Wildman–Crippen LogP) is 1.41. The Kier molecular flexibility index (Phi) is 3.84. The van der Waals surface area contributed by atoms with Crippen LogP contribution in [-0.4, -0.2) is 60.0 Å². The molecule has 2 heterocycles. The smallest absolute Gasteiger partial charge is 0.248 e. The van der Waals surface area contributed by atoms with Crippen LogP contribution in [0.1, 0.15) is 44.9 Å². The minimum atomic E-state index is 0.0315. The maximum Gasteiger partial charge on any atom is 0.248 e. The van der Waals surface area contributed by atoms with Crippen molar-refractivity contribution in [2.24, 2.45) is 11.8 Å². The fourth-order valence-electron chi connectivity index (χ4n) is 4.32. The van der Waals surface area contributed by atoms with Gasteiger partial charge in [0.15, 0.2) is 0 Å². The zero-order chi connectivity index (χ0) is 15.1. The van der Waals surface area contributed by atoms with Crippen LogP contribution in [0.2, 0.25) is 0 Å². The van der Waals surface area contributed by atoms with Gasteiger partial charge in [-0.1, -0.05) is 19.3 Å². The molecule has 0 bridgehead atoms. The lowest BCUT2D eigenvalue weighted by molar-refractivity contribution is -0.154. The Bertz CT molecular complexity index is 457. The molecule has 0 aromatic carbocycles. The van der Waals surface area contributed by atoms with Crippen LogP contribution in [-0.2, 0) is 14.3 Å². The summed E-state index contributed by atoms with van der Waals surface area (Å²) in [6, 6.07) is 0.0888. The van der Waals surface area contributed by atoms with Gasteiger partial charge in [0.25, 0.3) is 0 Å². The van der Waals surface area contributed by atoms with Gasteiger partial charge in [-0.25, -0.2) is 0 Å². The molecule has 22 heavy (non-hydrogen) atoms. The van der Waals surface area contributed by atoms with Gasteiger partial charge in [-0.2, -0.15) is 0 Å². The molecule has 0 radical (unpaired) electrons. The summed E-state index contributed by atoms with van der Waals surface area (Å²) < 4.78 is 5.73. The predicted molar refractivity (Wildman–Crippen MR) is 81.1 cm³/mol. The summed E-state index contributed by atoms with van der Waals surface area (Å²) in [5, 5.41) is 0. The number of rotatable bonds is 3. The normalized spacial score (nSPS) is 33.2. The highest BCUT2D eigenvalue weighted by Gasteiger charge is 2.47. The summed E-state index contributed by atoms with van der Waals surface area (Å²) in [5.41, 5.74) is 0. The number of ether oxygens (including phenoxy) is 1. The molecule has 2 unspecified atom stereocenters. The van der Waals surface area contributed by atoms with E-state index in [1.54, 1.807) is 0 Å². The van der Waals surface area contributed by atoms with Crippen molar-refractivity contribution in [3.8, 4) is 0 Å². The molecule has 122 valence electrons. The average molecular weight is 306 g/mol. The monoisotopic (exact) mass is 306 g/mol. The summed E-state index contributed by atoms with van der Waals surface area (Å²) in [6.45, 7) is 2.42. The molecule has 5 nitrogen and oxygen atoms in total. The third-order valence-corrected chi connectivity index (χ3v) is 5.80. The lowest BCUT2D eigenvalue weighted by Crippen LogP contribution is -2.55. The van der Waals surface area contributed by atoms with Crippen molar-refractivity contribution in [3.63, 3.8) is 0 Å². The van der Waals surface area contributed by atoms with E-state index in [9.17, 15) is 9.59 Å². The molecular formula is C17H26N2O3. The maximum atomic E-state index is 12.3. The molecule has 0 aromatic heterocycles. The third-order valence-electron chi connectivity index (χ3n) is 5.80. The van der Waals surface area contributed by atoms with E-state index in [-0.39, 0.29) is 36.5 Å². The van der Waals surface area contributed by atoms with Crippen LogP contribution in [0.3, 0.4) is 0 Å². The number of carbonyl (C=O) groups excluding carboxylic acids is 2. The first-order chi connectivity index (χ1) is 10.7. The summed E-state index contributed by atoms with van der Waals surface area (Å²) in [4.78, 5) is 28.6. The molecule has 0 spiro atoms. The molecule has 2 aliphatic carbocycles. The zero-order valence-corrected chi connectivity index (χ0v) is 13.2. The van der Waals surface area contributed by atoms with Gasteiger partial charge in [-0.3, -0.25) is 9.59 Å². The Morgan fingerprint density at radius 2 is 1.86 bits per heavy atom. The van der Waals surface area contributed by atoms with Crippen molar-refractivity contribution in [1.82, 2.24) is 9.80 Å². The molecule has 4 rings (SSSR count). The van der Waals surface area contributed by atoms with Crippen LogP contribution >= 0.6 is 0 Å². The van der Waals surface area contributed by atoms with Gasteiger partial charge in [0.05, 0.1) is 12.1 Å². The summed E-state index contributed by atoms with van der Waals surface area (Å²) in [5.74, 6) is 1.29. The van der Waals surface area contributed by atoms with E-state index in [0.717, 1.165) is 19.4 Å². The molecule has 4 aliphatic rings. The van der Waals surface area contributed by atoms with Crippen molar-refractivity contribution in [1.29, 1.82) is 0 Å². The SMILES string of the molecule is O=C(C1CC1)N1CC2OCC(=O)N(CC3CCCCC3)C2C1. The van der Waals surface area contributed by atoms with Crippen molar-refractivity contribution >= 4 is 11.8 Å². The standard InChI is InChI=1S/C17H26N2O3/c20-16-11-22-15-10-18(17(21)13-6-7-13)9-14(15)19(16)8-12-4-2-1-3-5-12/h12-15H,1-11H2. The Morgan fingerprint density at radius 3 is 2.59 bits per heavy atom. The van der Waals surface area contributed by atoms with Crippen LogP contribution in [0.25, 0.3) is 0 Å². The quantitative estimate of drug-likeness (QED) is 0.792. The molecule has 4 fully saturated rings. The minimum Gasteiger partial charge on any atom is -0.364 e. The first kappa shape index (κ1) is 14.5. The topological polar surface area (TPSA) is 49.9 Å². The summed E-state index contributed by atoms with van der Waals surface area (Å²) in [6.07, 6.45) is 8.52. The number of hydrogen-bond donors (Lipinski definition) is 0. The molecule has 5 heteroatoms. The number of hydrogen-bond acceptors (Lipinski definition) is 3. The number of morpholine rings is 1. The largest absolute Gasteiger partial charge is 0.364 e. The highest BCUT2D eigenvalue weighted by atomic mass is 16.5. The fraction of sp³-hybridized carbons (Fsp3) is 0.882. The fourth-order valence-corrected chi connectivity index (χ4v) is 4.32. The molecule has 2 amide bonds. The van der Waals surface area contributed by atoms with E-state index in [1.165, 1.54) is 32.1 Å². The van der Waals surface area contributed by atoms with E-state index in [1.807, 2.05) is 9.80 Å². The number of fused-ring (bicyclic) bond motifs is 1. The minimum absolute atomic E-state index is 0.0315. The zero-order valence-electron chi connectivity index (χ0n) is 13.2. The van der Waals surface area contributed by atoms with Gasteiger partial charge in [0.1, 0.15) is 6.61 Å². The van der Waals surface area contributed by atoms with E-state index >= 15 is 0 Å². The van der Waals surface area contributed by atoms with Gasteiger partial charge in [-0.05, 0) is 31.6 Å². The van der Waals surface area contributed by atoms with Crippen LogP contribution in [0.4, 0.5) is 0 Å². The molecule has 0 N–H and O–H groups in total. The first-order valence-electron chi connectivity index (χ1n) is 8.92. The second-order valence-corrected chi connectivity index (χ2v) is 7.48. The van der Waals surface area contributed by atoms with Gasteiger partial charge in [0.2, 0.25) is 11.8 Å². The molecule has 2 saturated carbocycles. The Morgan fingerprint density at radius 1 is 1.09 bits per heavy atom. The number of carbonyl (C=O) groups is 2. The van der Waals surface area contributed by atoms with E-state index in [0.29, 0.717) is 19.0 Å². The number of likely N-dealkylation sites (tertiary alicyclic amines) is 1. The Labute approximate surface area is 132 Å². The highest BCUT2D eigenvalue weighted by molar-refractivity contribution is 5.82. The van der Waals surface area contributed by atoms with Crippen molar-refractivity contribution in [2.75, 3.05) is 26.2 Å². The summed E-state index contributed by atoms with van der Waals surface area (Å²) in [7, 11) is 0. The highest BCUT2D eigenvalue weighted by Crippen LogP contribution is 2.34. The second kappa shape index (κ2) is 5.84. The van der Waals surface area contributed by atoms with Gasteiger partial charge in [0, 0.05) is 25.6 Å². The average Bonchev–Trinajstić information content (AvgIpc) is 3.29. The number of nitrogens with zero attached hydrogens (tertiary/aromatic N) is 2. The van der Waals surface area contributed by atoms with Gasteiger partial charge in [-0.15, -0.1) is 0 Å². The first-order valence-corrected chi connectivity index (χ1v) is 8.92. The van der Waals surface area contributed by atoms with Gasteiger partial charge >= 0.3 is 0 Å². The lowest BCUT2D eigenvalue weighted by Gasteiger charge is -2.39. The number of amides is 2. The van der Waals surface area contributed by atoms with Crippen LogP contribution in [0.5, 0.6) is 0 Å². The van der Waals surface area contributed by atoms with Crippen LogP contribution in [0, 0.1) is 11.8 Å². The third kappa shape index (κ3) is 2.75. The molecule has 2 saturated heterocycles. The second-order valence-electron chi connectivity index (χ2n) is 7.48. The van der Waals surface area contributed by atoms with E-state index in [4.69, 9.17) is 4.74 Å².